The van der Waals surface area contributed by atoms with Gasteiger partial charge in [-0.3, -0.25) is 9.69 Å². The first-order chi connectivity index (χ1) is 16.5. The zero-order valence-electron chi connectivity index (χ0n) is 18.8. The van der Waals surface area contributed by atoms with Crippen LogP contribution in [0.1, 0.15) is 21.7 Å². The predicted octanol–water partition coefficient (Wildman–Crippen LogP) is 4.76. The molecule has 8 nitrogen and oxygen atoms in total. The highest BCUT2D eigenvalue weighted by Crippen LogP contribution is 2.33. The van der Waals surface area contributed by atoms with Gasteiger partial charge in [-0.15, -0.1) is 0 Å². The maximum absolute atomic E-state index is 13.4. The second-order valence-electron chi connectivity index (χ2n) is 7.08. The lowest BCUT2D eigenvalue weighted by atomic mass is 10.2. The van der Waals surface area contributed by atoms with Gasteiger partial charge in [0.05, 0.1) is 39.0 Å². The van der Waals surface area contributed by atoms with Crippen molar-refractivity contribution in [2.45, 2.75) is 5.75 Å². The summed E-state index contributed by atoms with van der Waals surface area (Å²) in [6, 6.07) is 16.0. The quantitative estimate of drug-likeness (QED) is 0.357. The van der Waals surface area contributed by atoms with E-state index in [9.17, 15) is 9.59 Å². The highest BCUT2D eigenvalue weighted by molar-refractivity contribution is 8.13. The van der Waals surface area contributed by atoms with E-state index in [0.29, 0.717) is 27.9 Å². The number of carbonyl (C=O) groups is 2. The molecule has 2 aromatic carbocycles. The molecule has 0 spiro atoms. The summed E-state index contributed by atoms with van der Waals surface area (Å²) in [7, 11) is 4.47. The van der Waals surface area contributed by atoms with Gasteiger partial charge in [0.15, 0.2) is 5.17 Å². The number of hydrogen-bond donors (Lipinski definition) is 0. The molecular weight excluding hydrogens is 456 g/mol. The number of amides is 1. The Bertz CT molecular complexity index is 1260. The number of amidine groups is 1. The number of aliphatic imine (C=N–C) groups is 1. The Hall–Kier alpha value is -3.98. The predicted molar refractivity (Wildman–Crippen MR) is 130 cm³/mol. The molecule has 0 saturated heterocycles. The molecule has 34 heavy (non-hydrogen) atoms. The minimum absolute atomic E-state index is 0.278. The summed E-state index contributed by atoms with van der Waals surface area (Å²) in [6.45, 7) is 0. The standard InChI is InChI=1S/C25H22N2O6S/c1-30-18-9-7-16(8-10-18)13-21-23(28)27(17-5-4-6-19(14-17)31-2)25(26-21)34-15-22-20(11-12-33-22)24(29)32-3/h4-14H,15H2,1-3H3/b21-13-. The van der Waals surface area contributed by atoms with Crippen LogP contribution in [0.5, 0.6) is 11.5 Å². The average Bonchev–Trinajstić information content (AvgIpc) is 3.47. The fraction of sp³-hybridized carbons (Fsp3) is 0.160. The second kappa shape index (κ2) is 10.3. The number of thioether (sulfide) groups is 1. The van der Waals surface area contributed by atoms with Gasteiger partial charge in [0.25, 0.3) is 5.91 Å². The molecule has 0 N–H and O–H groups in total. The van der Waals surface area contributed by atoms with Gasteiger partial charge >= 0.3 is 5.97 Å². The summed E-state index contributed by atoms with van der Waals surface area (Å²) >= 11 is 1.28. The Balaban J connectivity index is 1.67. The van der Waals surface area contributed by atoms with Crippen LogP contribution in [0.3, 0.4) is 0 Å². The van der Waals surface area contributed by atoms with E-state index in [-0.39, 0.29) is 17.4 Å². The summed E-state index contributed by atoms with van der Waals surface area (Å²) in [4.78, 5) is 31.5. The van der Waals surface area contributed by atoms with Gasteiger partial charge in [-0.05, 0) is 42.0 Å². The van der Waals surface area contributed by atoms with Crippen LogP contribution in [0.15, 0.2) is 76.0 Å². The molecule has 1 aliphatic heterocycles. The van der Waals surface area contributed by atoms with Crippen molar-refractivity contribution in [1.82, 2.24) is 0 Å². The first-order valence-corrected chi connectivity index (χ1v) is 11.2. The van der Waals surface area contributed by atoms with E-state index in [1.54, 1.807) is 50.6 Å². The minimum atomic E-state index is -0.487. The van der Waals surface area contributed by atoms with Gasteiger partial charge in [0, 0.05) is 6.07 Å². The highest BCUT2D eigenvalue weighted by atomic mass is 32.2. The van der Waals surface area contributed by atoms with Gasteiger partial charge in [-0.2, -0.15) is 0 Å². The Morgan fingerprint density at radius 3 is 2.53 bits per heavy atom. The van der Waals surface area contributed by atoms with E-state index in [1.165, 1.54) is 30.0 Å². The highest BCUT2D eigenvalue weighted by Gasteiger charge is 2.33. The molecule has 0 atom stereocenters. The number of nitrogens with zero attached hydrogens (tertiary/aromatic N) is 2. The van der Waals surface area contributed by atoms with Crippen molar-refractivity contribution in [2.75, 3.05) is 26.2 Å². The van der Waals surface area contributed by atoms with E-state index in [4.69, 9.17) is 18.6 Å². The third-order valence-electron chi connectivity index (χ3n) is 5.04. The molecule has 2 heterocycles. The molecule has 0 bridgehead atoms. The monoisotopic (exact) mass is 478 g/mol. The zero-order chi connectivity index (χ0) is 24.1. The third-order valence-corrected chi connectivity index (χ3v) is 5.98. The van der Waals surface area contributed by atoms with Crippen LogP contribution in [0.2, 0.25) is 0 Å². The van der Waals surface area contributed by atoms with Crippen LogP contribution in [0.4, 0.5) is 5.69 Å². The number of hydrogen-bond acceptors (Lipinski definition) is 8. The van der Waals surface area contributed by atoms with Crippen molar-refractivity contribution in [3.8, 4) is 11.5 Å². The molecule has 0 unspecified atom stereocenters. The van der Waals surface area contributed by atoms with Gasteiger partial charge in [-0.1, -0.05) is 30.0 Å². The van der Waals surface area contributed by atoms with Crippen LogP contribution >= 0.6 is 11.8 Å². The molecule has 9 heteroatoms. The fourth-order valence-corrected chi connectivity index (χ4v) is 4.27. The summed E-state index contributed by atoms with van der Waals surface area (Å²) in [5.74, 6) is 1.28. The van der Waals surface area contributed by atoms with E-state index >= 15 is 0 Å². The van der Waals surface area contributed by atoms with E-state index in [1.807, 2.05) is 24.3 Å². The molecule has 0 radical (unpaired) electrons. The van der Waals surface area contributed by atoms with Crippen molar-refractivity contribution in [1.29, 1.82) is 0 Å². The lowest BCUT2D eigenvalue weighted by Crippen LogP contribution is -2.30. The van der Waals surface area contributed by atoms with Crippen LogP contribution in [0.25, 0.3) is 6.08 Å². The fourth-order valence-electron chi connectivity index (χ4n) is 3.30. The van der Waals surface area contributed by atoms with E-state index in [2.05, 4.69) is 4.99 Å². The van der Waals surface area contributed by atoms with Gasteiger partial charge in [0.1, 0.15) is 28.5 Å². The van der Waals surface area contributed by atoms with Crippen LogP contribution in [-0.4, -0.2) is 38.4 Å². The molecular formula is C25H22N2O6S. The van der Waals surface area contributed by atoms with Crippen molar-refractivity contribution in [3.05, 3.63) is 83.4 Å². The zero-order valence-corrected chi connectivity index (χ0v) is 19.6. The second-order valence-corrected chi connectivity index (χ2v) is 8.02. The summed E-state index contributed by atoms with van der Waals surface area (Å²) in [6.07, 6.45) is 3.15. The Kier molecular flexibility index (Phi) is 7.03. The molecule has 0 fully saturated rings. The maximum atomic E-state index is 13.4. The number of esters is 1. The summed E-state index contributed by atoms with van der Waals surface area (Å²) in [5, 5.41) is 0.449. The summed E-state index contributed by atoms with van der Waals surface area (Å²) < 4.78 is 20.8. The molecule has 1 aliphatic rings. The molecule has 3 aromatic rings. The smallest absolute Gasteiger partial charge is 0.341 e. The number of carbonyl (C=O) groups excluding carboxylic acids is 2. The third kappa shape index (κ3) is 4.84. The number of ether oxygens (including phenoxy) is 3. The summed E-state index contributed by atoms with van der Waals surface area (Å²) in [5.41, 5.74) is 2.04. The number of rotatable bonds is 7. The molecule has 1 amide bonds. The van der Waals surface area contributed by atoms with E-state index in [0.717, 1.165) is 11.3 Å². The Morgan fingerprint density at radius 2 is 1.82 bits per heavy atom. The lowest BCUT2D eigenvalue weighted by Gasteiger charge is -2.18. The van der Waals surface area contributed by atoms with Crippen LogP contribution < -0.4 is 14.4 Å². The van der Waals surface area contributed by atoms with Crippen molar-refractivity contribution in [3.63, 3.8) is 0 Å². The maximum Gasteiger partial charge on any atom is 0.341 e. The number of methoxy groups -OCH3 is 3. The van der Waals surface area contributed by atoms with Crippen molar-refractivity contribution in [2.24, 2.45) is 4.99 Å². The molecule has 1 aromatic heterocycles. The van der Waals surface area contributed by atoms with Crippen LogP contribution in [0, 0.1) is 0 Å². The van der Waals surface area contributed by atoms with Gasteiger partial charge in [0.2, 0.25) is 0 Å². The normalized spacial score (nSPS) is 14.3. The minimum Gasteiger partial charge on any atom is -0.497 e. The Morgan fingerprint density at radius 1 is 1.06 bits per heavy atom. The topological polar surface area (TPSA) is 90.6 Å². The number of furan rings is 1. The van der Waals surface area contributed by atoms with Gasteiger partial charge in [-0.25, -0.2) is 9.79 Å². The number of anilines is 1. The Labute approximate surface area is 200 Å². The lowest BCUT2D eigenvalue weighted by molar-refractivity contribution is -0.113. The molecule has 4 rings (SSSR count). The van der Waals surface area contributed by atoms with E-state index < -0.39 is 5.97 Å². The molecule has 174 valence electrons. The van der Waals surface area contributed by atoms with Crippen molar-refractivity contribution >= 4 is 40.6 Å². The van der Waals surface area contributed by atoms with Gasteiger partial charge < -0.3 is 18.6 Å². The largest absolute Gasteiger partial charge is 0.497 e. The van der Waals surface area contributed by atoms with Crippen molar-refractivity contribution < 1.29 is 28.2 Å². The van der Waals surface area contributed by atoms with Crippen LogP contribution in [-0.2, 0) is 15.3 Å². The first-order valence-electron chi connectivity index (χ1n) is 10.2. The first kappa shape index (κ1) is 23.2. The SMILES string of the molecule is COC(=O)c1ccoc1CSC1=N/C(=C\c2ccc(OC)cc2)C(=O)N1c1cccc(OC)c1. The number of benzene rings is 2. The average molecular weight is 479 g/mol. The molecule has 0 saturated carbocycles. The molecule has 0 aliphatic carbocycles.